The van der Waals surface area contributed by atoms with E-state index in [1.165, 1.54) is 40.8 Å². The van der Waals surface area contributed by atoms with E-state index in [2.05, 4.69) is 66.1 Å². The smallest absolute Gasteiger partial charge is 0.230 e. The Balaban J connectivity index is 1.35. The fourth-order valence-corrected chi connectivity index (χ4v) is 6.01. The van der Waals surface area contributed by atoms with Gasteiger partial charge in [0.25, 0.3) is 0 Å². The third kappa shape index (κ3) is 3.58. The molecule has 0 radical (unpaired) electrons. The molecule has 0 atom stereocenters. The van der Waals surface area contributed by atoms with Crippen LogP contribution in [0.5, 0.6) is 0 Å². The summed E-state index contributed by atoms with van der Waals surface area (Å²) in [7, 11) is 0. The van der Waals surface area contributed by atoms with E-state index in [0.717, 1.165) is 51.9 Å². The second-order valence-corrected chi connectivity index (χ2v) is 9.97. The van der Waals surface area contributed by atoms with E-state index >= 15 is 0 Å². The molecule has 2 fully saturated rings. The number of anilines is 1. The zero-order valence-corrected chi connectivity index (χ0v) is 18.5. The Hall–Kier alpha value is -2.13. The summed E-state index contributed by atoms with van der Waals surface area (Å²) >= 11 is 0. The Bertz CT molecular complexity index is 936. The molecule has 2 heterocycles. The number of rotatable bonds is 3. The lowest BCUT2D eigenvalue weighted by Gasteiger charge is -2.40. The van der Waals surface area contributed by atoms with Crippen molar-refractivity contribution in [1.29, 1.82) is 0 Å². The van der Waals surface area contributed by atoms with Crippen LogP contribution in [0.3, 0.4) is 0 Å². The summed E-state index contributed by atoms with van der Waals surface area (Å²) in [6.07, 6.45) is 6.86. The molecule has 0 unspecified atom stereocenters. The number of aryl methyl sites for hydroxylation is 2. The Morgan fingerprint density at radius 2 is 1.73 bits per heavy atom. The molecule has 5 rings (SSSR count). The first kappa shape index (κ1) is 19.8. The summed E-state index contributed by atoms with van der Waals surface area (Å²) in [5.41, 5.74) is 6.83. The standard InChI is InChI=1S/C27H34N2O/c1-20-6-5-7-22(16-20)18-28-14-12-27(13-15-28)19-29(26(30)23-8-3-4-9-23)25-11-10-21(2)17-24(25)27/h5-7,10-11,16-17,23H,3-4,8-9,12-15,18-19H2,1-2H3. The van der Waals surface area contributed by atoms with Gasteiger partial charge in [0.1, 0.15) is 0 Å². The lowest BCUT2D eigenvalue weighted by atomic mass is 9.74. The fraction of sp³-hybridized carbons (Fsp3) is 0.519. The monoisotopic (exact) mass is 402 g/mol. The van der Waals surface area contributed by atoms with Crippen molar-refractivity contribution < 1.29 is 4.79 Å². The van der Waals surface area contributed by atoms with Crippen molar-refractivity contribution in [2.75, 3.05) is 24.5 Å². The first-order valence-electron chi connectivity index (χ1n) is 11.7. The third-order valence-electron chi connectivity index (χ3n) is 7.75. The summed E-state index contributed by atoms with van der Waals surface area (Å²) in [4.78, 5) is 18.1. The Morgan fingerprint density at radius 3 is 2.47 bits per heavy atom. The van der Waals surface area contributed by atoms with Gasteiger partial charge < -0.3 is 4.90 Å². The maximum Gasteiger partial charge on any atom is 0.230 e. The molecule has 0 bridgehead atoms. The predicted molar refractivity (Wildman–Crippen MR) is 123 cm³/mol. The lowest BCUT2D eigenvalue weighted by molar-refractivity contribution is -0.122. The van der Waals surface area contributed by atoms with Gasteiger partial charge in [0.15, 0.2) is 0 Å². The number of amides is 1. The third-order valence-corrected chi connectivity index (χ3v) is 7.75. The van der Waals surface area contributed by atoms with Gasteiger partial charge in [-0.3, -0.25) is 9.69 Å². The van der Waals surface area contributed by atoms with Crippen molar-refractivity contribution in [3.8, 4) is 0 Å². The highest BCUT2D eigenvalue weighted by atomic mass is 16.2. The second-order valence-electron chi connectivity index (χ2n) is 9.97. The highest BCUT2D eigenvalue weighted by Gasteiger charge is 2.47. The maximum absolute atomic E-state index is 13.4. The van der Waals surface area contributed by atoms with Gasteiger partial charge in [-0.15, -0.1) is 0 Å². The number of carbonyl (C=O) groups excluding carboxylic acids is 1. The van der Waals surface area contributed by atoms with E-state index in [4.69, 9.17) is 0 Å². The highest BCUT2D eigenvalue weighted by molar-refractivity contribution is 5.98. The largest absolute Gasteiger partial charge is 0.311 e. The second kappa shape index (κ2) is 7.85. The minimum atomic E-state index is 0.138. The van der Waals surface area contributed by atoms with Crippen LogP contribution in [0.4, 0.5) is 5.69 Å². The molecule has 1 saturated carbocycles. The molecule has 0 aromatic heterocycles. The van der Waals surface area contributed by atoms with Crippen LogP contribution >= 0.6 is 0 Å². The number of carbonyl (C=O) groups is 1. The molecule has 2 aliphatic heterocycles. The zero-order valence-electron chi connectivity index (χ0n) is 18.5. The molecule has 1 aliphatic carbocycles. The number of hydrogen-bond acceptors (Lipinski definition) is 2. The van der Waals surface area contributed by atoms with E-state index in [0.29, 0.717) is 5.91 Å². The highest BCUT2D eigenvalue weighted by Crippen LogP contribution is 2.48. The van der Waals surface area contributed by atoms with Crippen LogP contribution in [-0.2, 0) is 16.8 Å². The molecule has 3 nitrogen and oxygen atoms in total. The number of hydrogen-bond donors (Lipinski definition) is 0. The van der Waals surface area contributed by atoms with Gasteiger partial charge in [0, 0.05) is 30.1 Å². The maximum atomic E-state index is 13.4. The molecule has 0 N–H and O–H groups in total. The van der Waals surface area contributed by atoms with Gasteiger partial charge >= 0.3 is 0 Å². The molecular weight excluding hydrogens is 368 g/mol. The van der Waals surface area contributed by atoms with Crippen molar-refractivity contribution in [1.82, 2.24) is 4.90 Å². The molecule has 2 aromatic rings. The molecular formula is C27H34N2O. The van der Waals surface area contributed by atoms with Gasteiger partial charge in [-0.05, 0) is 69.8 Å². The summed E-state index contributed by atoms with van der Waals surface area (Å²) in [5, 5.41) is 0. The molecule has 3 aliphatic rings. The van der Waals surface area contributed by atoms with Crippen molar-refractivity contribution >= 4 is 11.6 Å². The predicted octanol–water partition coefficient (Wildman–Crippen LogP) is 5.37. The van der Waals surface area contributed by atoms with E-state index in [9.17, 15) is 4.79 Å². The SMILES string of the molecule is Cc1cccc(CN2CCC3(CC2)CN(C(=O)C2CCCC2)c2ccc(C)cc23)c1. The first-order chi connectivity index (χ1) is 14.5. The first-order valence-corrected chi connectivity index (χ1v) is 11.7. The number of piperidine rings is 1. The van der Waals surface area contributed by atoms with Crippen LogP contribution in [0.1, 0.15) is 60.8 Å². The van der Waals surface area contributed by atoms with Crippen molar-refractivity contribution in [2.24, 2.45) is 5.92 Å². The lowest BCUT2D eigenvalue weighted by Crippen LogP contribution is -2.46. The topological polar surface area (TPSA) is 23.6 Å². The van der Waals surface area contributed by atoms with Gasteiger partial charge in [0.05, 0.1) is 0 Å². The minimum absolute atomic E-state index is 0.138. The van der Waals surface area contributed by atoms with Crippen LogP contribution in [0, 0.1) is 19.8 Å². The Labute approximate surface area is 181 Å². The average molecular weight is 403 g/mol. The summed E-state index contributed by atoms with van der Waals surface area (Å²) in [5.74, 6) is 0.632. The molecule has 1 amide bonds. The number of fused-ring (bicyclic) bond motifs is 2. The molecule has 158 valence electrons. The van der Waals surface area contributed by atoms with Crippen LogP contribution in [0.25, 0.3) is 0 Å². The molecule has 1 spiro atoms. The summed E-state index contributed by atoms with van der Waals surface area (Å²) in [6.45, 7) is 8.48. The van der Waals surface area contributed by atoms with Gasteiger partial charge in [-0.25, -0.2) is 0 Å². The summed E-state index contributed by atoms with van der Waals surface area (Å²) in [6, 6.07) is 15.6. The van der Waals surface area contributed by atoms with Crippen molar-refractivity contribution in [3.63, 3.8) is 0 Å². The van der Waals surface area contributed by atoms with Crippen LogP contribution in [0.2, 0.25) is 0 Å². The normalized spacial score (nSPS) is 21.3. The van der Waals surface area contributed by atoms with Crippen LogP contribution in [0.15, 0.2) is 42.5 Å². The van der Waals surface area contributed by atoms with E-state index in [1.807, 2.05) is 0 Å². The van der Waals surface area contributed by atoms with Crippen LogP contribution < -0.4 is 4.90 Å². The molecule has 1 saturated heterocycles. The van der Waals surface area contributed by atoms with E-state index < -0.39 is 0 Å². The quantitative estimate of drug-likeness (QED) is 0.689. The van der Waals surface area contributed by atoms with Gasteiger partial charge in [0.2, 0.25) is 5.91 Å². The fourth-order valence-electron chi connectivity index (χ4n) is 6.01. The average Bonchev–Trinajstić information content (AvgIpc) is 3.37. The number of likely N-dealkylation sites (tertiary alicyclic amines) is 1. The Morgan fingerprint density at radius 1 is 1.00 bits per heavy atom. The van der Waals surface area contributed by atoms with Crippen molar-refractivity contribution in [2.45, 2.75) is 64.3 Å². The molecule has 30 heavy (non-hydrogen) atoms. The zero-order chi connectivity index (χ0) is 20.7. The number of nitrogens with zero attached hydrogens (tertiary/aromatic N) is 2. The van der Waals surface area contributed by atoms with E-state index in [-0.39, 0.29) is 11.3 Å². The minimum Gasteiger partial charge on any atom is -0.311 e. The van der Waals surface area contributed by atoms with Crippen LogP contribution in [-0.4, -0.2) is 30.4 Å². The molecule has 3 heteroatoms. The van der Waals surface area contributed by atoms with Gasteiger partial charge in [-0.1, -0.05) is 60.4 Å². The van der Waals surface area contributed by atoms with Crippen molar-refractivity contribution in [3.05, 3.63) is 64.7 Å². The van der Waals surface area contributed by atoms with Gasteiger partial charge in [-0.2, -0.15) is 0 Å². The number of benzene rings is 2. The summed E-state index contributed by atoms with van der Waals surface area (Å²) < 4.78 is 0. The van der Waals surface area contributed by atoms with E-state index in [1.54, 1.807) is 0 Å². The molecule has 2 aromatic carbocycles. The Kier molecular flexibility index (Phi) is 5.18.